The Kier molecular flexibility index (Phi) is 5.57. The summed E-state index contributed by atoms with van der Waals surface area (Å²) in [5.41, 5.74) is 2.60. The number of nitrogens with one attached hydrogen (secondary N) is 1. The quantitative estimate of drug-likeness (QED) is 0.332. The van der Waals surface area contributed by atoms with Gasteiger partial charge < -0.3 is 14.8 Å². The third-order valence-electron chi connectivity index (χ3n) is 6.23. The van der Waals surface area contributed by atoms with Crippen molar-refractivity contribution >= 4 is 34.6 Å². The lowest BCUT2D eigenvalue weighted by Gasteiger charge is -2.14. The fourth-order valence-corrected chi connectivity index (χ4v) is 4.47. The second-order valence-electron chi connectivity index (χ2n) is 8.37. The summed E-state index contributed by atoms with van der Waals surface area (Å²) >= 11 is 0. The van der Waals surface area contributed by atoms with Crippen LogP contribution in [0.3, 0.4) is 0 Å². The van der Waals surface area contributed by atoms with Crippen molar-refractivity contribution in [3.05, 3.63) is 77.9 Å². The van der Waals surface area contributed by atoms with Crippen LogP contribution in [-0.4, -0.2) is 21.8 Å². The van der Waals surface area contributed by atoms with Gasteiger partial charge in [-0.2, -0.15) is 4.98 Å². The molecule has 4 aromatic rings. The van der Waals surface area contributed by atoms with Crippen molar-refractivity contribution in [2.45, 2.75) is 19.3 Å². The van der Waals surface area contributed by atoms with E-state index in [0.717, 1.165) is 6.42 Å². The number of Topliss-reactive ketones (excluding diaryl/α,β-unsaturated/α-hetero) is 1. The molecule has 172 valence electrons. The van der Waals surface area contributed by atoms with Crippen LogP contribution >= 0.6 is 0 Å². The highest BCUT2D eigenvalue weighted by Gasteiger charge is 2.37. The molecule has 1 heterocycles. The van der Waals surface area contributed by atoms with Gasteiger partial charge in [0.1, 0.15) is 17.2 Å². The van der Waals surface area contributed by atoms with E-state index >= 15 is 0 Å². The van der Waals surface area contributed by atoms with Gasteiger partial charge in [0.05, 0.1) is 11.6 Å². The maximum Gasteiger partial charge on any atom is 0.307 e. The summed E-state index contributed by atoms with van der Waals surface area (Å²) in [7, 11) is 0. The van der Waals surface area contributed by atoms with E-state index in [1.807, 2.05) is 0 Å². The maximum atomic E-state index is 14.8. The number of halogens is 2. The molecule has 0 amide bonds. The van der Waals surface area contributed by atoms with E-state index in [9.17, 15) is 23.5 Å². The molecule has 0 saturated heterocycles. The van der Waals surface area contributed by atoms with E-state index in [0.29, 0.717) is 35.0 Å². The summed E-state index contributed by atoms with van der Waals surface area (Å²) in [5.74, 6) is -3.23. The zero-order chi connectivity index (χ0) is 23.8. The molecule has 0 radical (unpaired) electrons. The molecule has 0 spiro atoms. The van der Waals surface area contributed by atoms with Crippen molar-refractivity contribution in [3.63, 3.8) is 0 Å². The second kappa shape index (κ2) is 8.70. The molecule has 1 aliphatic carbocycles. The molecule has 0 aliphatic heterocycles. The van der Waals surface area contributed by atoms with Crippen LogP contribution in [0.2, 0.25) is 0 Å². The highest BCUT2D eigenvalue weighted by Crippen LogP contribution is 2.35. The number of nitrogens with zero attached hydrogens (tertiary/aromatic N) is 1. The first-order valence-corrected chi connectivity index (χ1v) is 10.9. The number of oxazole rings is 1. The van der Waals surface area contributed by atoms with Crippen molar-refractivity contribution in [3.8, 4) is 11.1 Å². The van der Waals surface area contributed by atoms with Gasteiger partial charge in [-0.05, 0) is 48.2 Å². The number of hydrogen-bond donors (Lipinski definition) is 2. The Hall–Kier alpha value is -4.07. The molecule has 2 N–H and O–H groups in total. The average Bonchev–Trinajstić information content (AvgIpc) is 3.47. The number of fused-ring (bicyclic) bond motifs is 1. The Morgan fingerprint density at radius 2 is 1.68 bits per heavy atom. The van der Waals surface area contributed by atoms with Gasteiger partial charge in [-0.25, -0.2) is 8.78 Å². The monoisotopic (exact) mass is 462 g/mol. The first-order valence-electron chi connectivity index (χ1n) is 10.9. The smallest absolute Gasteiger partial charge is 0.307 e. The van der Waals surface area contributed by atoms with Gasteiger partial charge in [0.2, 0.25) is 0 Å². The molecule has 3 aromatic carbocycles. The Morgan fingerprint density at radius 1 is 0.941 bits per heavy atom. The summed E-state index contributed by atoms with van der Waals surface area (Å²) in [6, 6.07) is 15.3. The molecule has 0 bridgehead atoms. The minimum Gasteiger partial charge on any atom is -0.481 e. The minimum absolute atomic E-state index is 0.0432. The molecule has 1 saturated carbocycles. The number of aliphatic carboxylic acids is 1. The lowest BCUT2D eigenvalue weighted by atomic mass is 9.88. The third kappa shape index (κ3) is 4.14. The van der Waals surface area contributed by atoms with Crippen molar-refractivity contribution in [1.29, 1.82) is 0 Å². The number of ketones is 1. The predicted octanol–water partition coefficient (Wildman–Crippen LogP) is 6.20. The van der Waals surface area contributed by atoms with Crippen LogP contribution in [0.1, 0.15) is 29.6 Å². The number of carboxylic acid groups (broad SMARTS) is 1. The van der Waals surface area contributed by atoms with Crippen molar-refractivity contribution in [1.82, 2.24) is 4.98 Å². The average molecular weight is 462 g/mol. The number of rotatable bonds is 6. The van der Waals surface area contributed by atoms with Crippen molar-refractivity contribution < 1.29 is 27.9 Å². The number of carbonyl (C=O) groups is 2. The lowest BCUT2D eigenvalue weighted by molar-refractivity contribution is -0.142. The van der Waals surface area contributed by atoms with E-state index in [1.165, 1.54) is 30.3 Å². The zero-order valence-electron chi connectivity index (χ0n) is 17.9. The van der Waals surface area contributed by atoms with E-state index in [-0.39, 0.29) is 23.1 Å². The minimum atomic E-state index is -0.929. The van der Waals surface area contributed by atoms with Crippen molar-refractivity contribution in [2.24, 2.45) is 11.8 Å². The maximum absolute atomic E-state index is 14.8. The van der Waals surface area contributed by atoms with Gasteiger partial charge in [-0.1, -0.05) is 36.8 Å². The molecular formula is C26H20F2N2O4. The molecular weight excluding hydrogens is 442 g/mol. The van der Waals surface area contributed by atoms with Crippen LogP contribution in [-0.2, 0) is 4.79 Å². The van der Waals surface area contributed by atoms with Crippen LogP contribution in [0.25, 0.3) is 22.2 Å². The molecule has 6 nitrogen and oxygen atoms in total. The van der Waals surface area contributed by atoms with Crippen LogP contribution in [0.5, 0.6) is 0 Å². The number of hydrogen-bond acceptors (Lipinski definition) is 5. The van der Waals surface area contributed by atoms with Gasteiger partial charge >= 0.3 is 5.97 Å². The molecule has 8 heteroatoms. The summed E-state index contributed by atoms with van der Waals surface area (Å²) in [6.07, 6.45) is 1.82. The van der Waals surface area contributed by atoms with Gasteiger partial charge in [-0.3, -0.25) is 9.59 Å². The van der Waals surface area contributed by atoms with Crippen LogP contribution < -0.4 is 5.32 Å². The number of carboxylic acids is 1. The molecule has 1 fully saturated rings. The molecule has 1 aliphatic rings. The van der Waals surface area contributed by atoms with E-state index in [1.54, 1.807) is 30.3 Å². The van der Waals surface area contributed by atoms with Crippen LogP contribution in [0.15, 0.2) is 65.1 Å². The van der Waals surface area contributed by atoms with E-state index in [2.05, 4.69) is 10.3 Å². The molecule has 2 atom stereocenters. The number of carbonyl (C=O) groups excluding carboxylic acids is 1. The molecule has 2 unspecified atom stereocenters. The molecule has 34 heavy (non-hydrogen) atoms. The topological polar surface area (TPSA) is 92.4 Å². The predicted molar refractivity (Wildman–Crippen MR) is 122 cm³/mol. The highest BCUT2D eigenvalue weighted by molar-refractivity contribution is 6.00. The Balaban J connectivity index is 1.32. The SMILES string of the molecule is O=C(O)C1CCCC1C(=O)c1ccc(-c2ccc(Nc3nc4ccc(F)cc4o3)c(F)c2)cc1. The number of benzene rings is 3. The van der Waals surface area contributed by atoms with Crippen LogP contribution in [0, 0.1) is 23.5 Å². The first kappa shape index (κ1) is 21.8. The summed E-state index contributed by atoms with van der Waals surface area (Å²) in [5, 5.41) is 12.1. The van der Waals surface area contributed by atoms with Crippen LogP contribution in [0.4, 0.5) is 20.5 Å². The Labute approximate surface area is 193 Å². The largest absolute Gasteiger partial charge is 0.481 e. The van der Waals surface area contributed by atoms with Crippen molar-refractivity contribution in [2.75, 3.05) is 5.32 Å². The number of aromatic nitrogens is 1. The van der Waals surface area contributed by atoms with Gasteiger partial charge in [-0.15, -0.1) is 0 Å². The summed E-state index contributed by atoms with van der Waals surface area (Å²) in [6.45, 7) is 0. The fraction of sp³-hybridized carbons (Fsp3) is 0.192. The lowest BCUT2D eigenvalue weighted by Crippen LogP contribution is -2.25. The van der Waals surface area contributed by atoms with E-state index < -0.39 is 29.4 Å². The number of anilines is 2. The normalized spacial score (nSPS) is 17.7. The third-order valence-corrected chi connectivity index (χ3v) is 6.23. The standard InChI is InChI=1S/C26H20F2N2O4/c27-17-9-11-22-23(13-17)34-26(30-22)29-21-10-8-16(12-20(21)28)14-4-6-15(7-5-14)24(31)18-2-1-3-19(18)25(32)33/h4-13,18-19H,1-3H2,(H,29,30)(H,32,33). The summed E-state index contributed by atoms with van der Waals surface area (Å²) < 4.78 is 33.5. The Bertz CT molecular complexity index is 1400. The molecule has 1 aromatic heterocycles. The van der Waals surface area contributed by atoms with Gasteiger partial charge in [0.25, 0.3) is 6.01 Å². The second-order valence-corrected chi connectivity index (χ2v) is 8.37. The van der Waals surface area contributed by atoms with Gasteiger partial charge in [0.15, 0.2) is 11.4 Å². The Morgan fingerprint density at radius 3 is 2.41 bits per heavy atom. The van der Waals surface area contributed by atoms with Gasteiger partial charge in [0, 0.05) is 17.5 Å². The summed E-state index contributed by atoms with van der Waals surface area (Å²) in [4.78, 5) is 28.4. The highest BCUT2D eigenvalue weighted by atomic mass is 19.1. The van der Waals surface area contributed by atoms with E-state index in [4.69, 9.17) is 4.42 Å². The fourth-order valence-electron chi connectivity index (χ4n) is 4.47. The first-order chi connectivity index (χ1) is 16.4. The zero-order valence-corrected chi connectivity index (χ0v) is 17.9. The molecule has 5 rings (SSSR count).